The van der Waals surface area contributed by atoms with Crippen LogP contribution in [-0.4, -0.2) is 51.9 Å². The first-order chi connectivity index (χ1) is 13.3. The van der Waals surface area contributed by atoms with Crippen molar-refractivity contribution in [2.45, 2.75) is 59.2 Å². The van der Waals surface area contributed by atoms with Gasteiger partial charge in [-0.05, 0) is 38.3 Å². The van der Waals surface area contributed by atoms with Crippen LogP contribution < -0.4 is 5.32 Å². The van der Waals surface area contributed by atoms with E-state index in [0.717, 1.165) is 43.7 Å². The molecule has 1 atom stereocenters. The van der Waals surface area contributed by atoms with Crippen LogP contribution in [-0.2, 0) is 25.9 Å². The van der Waals surface area contributed by atoms with Crippen LogP contribution in [0.15, 0.2) is 22.8 Å². The maximum atomic E-state index is 13.1. The minimum absolute atomic E-state index is 0.0730. The van der Waals surface area contributed by atoms with Gasteiger partial charge in [0, 0.05) is 49.5 Å². The van der Waals surface area contributed by atoms with Gasteiger partial charge in [-0.3, -0.25) is 9.48 Å². The van der Waals surface area contributed by atoms with Crippen molar-refractivity contribution in [1.82, 2.24) is 20.0 Å². The molecule has 3 rings (SSSR count). The zero-order chi connectivity index (χ0) is 20.3. The lowest BCUT2D eigenvalue weighted by molar-refractivity contribution is 0.0767. The van der Waals surface area contributed by atoms with E-state index in [4.69, 9.17) is 4.42 Å². The third kappa shape index (κ3) is 4.47. The predicted octanol–water partition coefficient (Wildman–Crippen LogP) is 2.23. The first kappa shape index (κ1) is 20.6. The fourth-order valence-electron chi connectivity index (χ4n) is 3.66. The molecular weight excluding hydrogens is 356 g/mol. The summed E-state index contributed by atoms with van der Waals surface area (Å²) in [4.78, 5) is 14.8. The number of fused-ring (bicyclic) bond motifs is 1. The van der Waals surface area contributed by atoms with Gasteiger partial charge in [-0.25, -0.2) is 0 Å². The Balaban J connectivity index is 1.76. The van der Waals surface area contributed by atoms with E-state index in [1.807, 2.05) is 30.7 Å². The van der Waals surface area contributed by atoms with E-state index < -0.39 is 0 Å². The summed E-state index contributed by atoms with van der Waals surface area (Å²) >= 11 is 0. The quantitative estimate of drug-likeness (QED) is 0.725. The fourth-order valence-corrected chi connectivity index (χ4v) is 3.66. The summed E-state index contributed by atoms with van der Waals surface area (Å²) in [5.41, 5.74) is 2.63. The number of rotatable bonds is 8. The van der Waals surface area contributed by atoms with Crippen molar-refractivity contribution in [3.05, 3.63) is 41.1 Å². The van der Waals surface area contributed by atoms with Crippen LogP contribution in [0.3, 0.4) is 0 Å². The molecule has 0 bridgehead atoms. The van der Waals surface area contributed by atoms with Crippen molar-refractivity contribution < 1.29 is 14.3 Å². The average molecular weight is 389 g/mol. The molecule has 7 nitrogen and oxygen atoms in total. The zero-order valence-corrected chi connectivity index (χ0v) is 17.4. The summed E-state index contributed by atoms with van der Waals surface area (Å²) in [5.74, 6) is 0.682. The lowest BCUT2D eigenvalue weighted by atomic mass is 9.89. The Morgan fingerprint density at radius 1 is 1.50 bits per heavy atom. The number of aryl methyl sites for hydroxylation is 1. The molecule has 2 heterocycles. The minimum Gasteiger partial charge on any atom is -0.467 e. The van der Waals surface area contributed by atoms with Crippen molar-refractivity contribution in [3.8, 4) is 0 Å². The van der Waals surface area contributed by atoms with E-state index >= 15 is 0 Å². The first-order valence-corrected chi connectivity index (χ1v) is 10.0. The van der Waals surface area contributed by atoms with Crippen LogP contribution in [0.5, 0.6) is 0 Å². The second-order valence-electron chi connectivity index (χ2n) is 8.47. The molecule has 0 unspecified atom stereocenters. The Hall–Kier alpha value is -2.12. The molecule has 154 valence electrons. The highest BCUT2D eigenvalue weighted by Gasteiger charge is 2.31. The number of amides is 1. The lowest BCUT2D eigenvalue weighted by Gasteiger charge is -2.29. The molecular formula is C21H32N4O3. The second kappa shape index (κ2) is 8.49. The minimum atomic E-state index is -0.157. The lowest BCUT2D eigenvalue weighted by Crippen LogP contribution is -2.42. The van der Waals surface area contributed by atoms with Crippen LogP contribution in [0, 0.1) is 5.41 Å². The highest BCUT2D eigenvalue weighted by molar-refractivity contribution is 5.94. The molecule has 1 aliphatic rings. The monoisotopic (exact) mass is 388 g/mol. The van der Waals surface area contributed by atoms with Gasteiger partial charge in [0.2, 0.25) is 0 Å². The van der Waals surface area contributed by atoms with Gasteiger partial charge in [0.05, 0.1) is 12.8 Å². The Morgan fingerprint density at radius 3 is 2.93 bits per heavy atom. The van der Waals surface area contributed by atoms with Crippen molar-refractivity contribution in [3.63, 3.8) is 0 Å². The van der Waals surface area contributed by atoms with Gasteiger partial charge >= 0.3 is 0 Å². The molecule has 2 N–H and O–H groups in total. The Kier molecular flexibility index (Phi) is 6.25. The summed E-state index contributed by atoms with van der Waals surface area (Å²) < 4.78 is 7.34. The second-order valence-corrected chi connectivity index (χ2v) is 8.47. The Morgan fingerprint density at radius 2 is 2.29 bits per heavy atom. The smallest absolute Gasteiger partial charge is 0.274 e. The Labute approximate surface area is 166 Å². The number of aliphatic hydroxyl groups excluding tert-OH is 1. The maximum absolute atomic E-state index is 13.1. The van der Waals surface area contributed by atoms with Gasteiger partial charge in [0.15, 0.2) is 5.69 Å². The largest absolute Gasteiger partial charge is 0.467 e. The number of aliphatic hydroxyl groups is 1. The normalized spacial score (nSPS) is 16.8. The van der Waals surface area contributed by atoms with E-state index in [-0.39, 0.29) is 24.0 Å². The summed E-state index contributed by atoms with van der Waals surface area (Å²) in [6, 6.07) is 3.98. The number of hydrogen-bond acceptors (Lipinski definition) is 5. The molecule has 0 aliphatic heterocycles. The molecule has 0 saturated carbocycles. The van der Waals surface area contributed by atoms with Crippen molar-refractivity contribution in [1.29, 1.82) is 0 Å². The molecule has 0 aromatic carbocycles. The molecule has 2 aromatic heterocycles. The first-order valence-electron chi connectivity index (χ1n) is 10.0. The number of carbonyl (C=O) groups excluding carboxylic acids is 1. The van der Waals surface area contributed by atoms with Crippen molar-refractivity contribution in [2.24, 2.45) is 5.41 Å². The molecule has 1 amide bonds. The zero-order valence-electron chi connectivity index (χ0n) is 17.4. The molecule has 0 radical (unpaired) electrons. The third-order valence-electron chi connectivity index (χ3n) is 5.47. The highest BCUT2D eigenvalue weighted by atomic mass is 16.3. The number of nitrogens with one attached hydrogen (secondary N) is 1. The van der Waals surface area contributed by atoms with Crippen LogP contribution in [0.1, 0.15) is 54.7 Å². The number of nitrogens with zero attached hydrogens (tertiary/aromatic N) is 3. The molecule has 0 fully saturated rings. The van der Waals surface area contributed by atoms with Gasteiger partial charge in [-0.1, -0.05) is 13.8 Å². The third-order valence-corrected chi connectivity index (χ3v) is 5.47. The van der Waals surface area contributed by atoms with E-state index in [0.29, 0.717) is 12.2 Å². The van der Waals surface area contributed by atoms with E-state index in [1.165, 1.54) is 5.69 Å². The molecule has 2 aromatic rings. The Bertz CT molecular complexity index is 795. The van der Waals surface area contributed by atoms with Gasteiger partial charge in [0.1, 0.15) is 5.76 Å². The predicted molar refractivity (Wildman–Crippen MR) is 107 cm³/mol. The van der Waals surface area contributed by atoms with Gasteiger partial charge < -0.3 is 19.7 Å². The van der Waals surface area contributed by atoms with Crippen molar-refractivity contribution >= 4 is 5.91 Å². The number of furan rings is 1. The SMILES string of the molecule is CCn1nc(C(=O)N(C)Cc2ccco2)c2c1CC[C@@H](NCC(C)(C)CO)C2. The number of carbonyl (C=O) groups is 1. The van der Waals surface area contributed by atoms with Crippen LogP contribution in [0.4, 0.5) is 0 Å². The maximum Gasteiger partial charge on any atom is 0.274 e. The summed E-state index contributed by atoms with van der Waals surface area (Å²) in [5, 5.41) is 17.7. The van der Waals surface area contributed by atoms with Crippen LogP contribution in [0.2, 0.25) is 0 Å². The van der Waals surface area contributed by atoms with E-state index in [9.17, 15) is 9.90 Å². The summed E-state index contributed by atoms with van der Waals surface area (Å²) in [6.07, 6.45) is 4.32. The number of aromatic nitrogens is 2. The molecule has 0 saturated heterocycles. The van der Waals surface area contributed by atoms with E-state index in [1.54, 1.807) is 18.2 Å². The number of hydrogen-bond donors (Lipinski definition) is 2. The van der Waals surface area contributed by atoms with Gasteiger partial charge in [-0.15, -0.1) is 0 Å². The van der Waals surface area contributed by atoms with Crippen LogP contribution >= 0.6 is 0 Å². The fraction of sp³-hybridized carbons (Fsp3) is 0.619. The van der Waals surface area contributed by atoms with Gasteiger partial charge in [0.25, 0.3) is 5.91 Å². The van der Waals surface area contributed by atoms with Crippen LogP contribution in [0.25, 0.3) is 0 Å². The summed E-state index contributed by atoms with van der Waals surface area (Å²) in [7, 11) is 1.78. The molecule has 1 aliphatic carbocycles. The topological polar surface area (TPSA) is 83.5 Å². The highest BCUT2D eigenvalue weighted by Crippen LogP contribution is 2.27. The van der Waals surface area contributed by atoms with Gasteiger partial charge in [-0.2, -0.15) is 5.10 Å². The summed E-state index contributed by atoms with van der Waals surface area (Å²) in [6.45, 7) is 8.21. The molecule has 7 heteroatoms. The van der Waals surface area contributed by atoms with E-state index in [2.05, 4.69) is 17.3 Å². The molecule has 28 heavy (non-hydrogen) atoms. The molecule has 0 spiro atoms. The average Bonchev–Trinajstić information content (AvgIpc) is 3.33. The van der Waals surface area contributed by atoms with Crippen molar-refractivity contribution in [2.75, 3.05) is 20.2 Å². The standard InChI is InChI=1S/C21H32N4O3/c1-5-25-18-9-8-15(22-13-21(2,3)14-26)11-17(18)19(23-25)20(27)24(4)12-16-7-6-10-28-16/h6-7,10,15,22,26H,5,8-9,11-14H2,1-4H3/t15-/m1/s1.